The molecule has 1 aromatic rings. The van der Waals surface area contributed by atoms with Crippen LogP contribution in [0.15, 0.2) is 24.3 Å². The molecule has 1 aromatic carbocycles. The number of aliphatic hydroxyl groups is 1. The van der Waals surface area contributed by atoms with Crippen LogP contribution in [0.1, 0.15) is 30.9 Å². The van der Waals surface area contributed by atoms with Crippen molar-refractivity contribution in [2.75, 3.05) is 13.1 Å². The van der Waals surface area contributed by atoms with E-state index in [-0.39, 0.29) is 0 Å². The van der Waals surface area contributed by atoms with E-state index in [4.69, 9.17) is 0 Å². The van der Waals surface area contributed by atoms with Crippen molar-refractivity contribution in [1.82, 2.24) is 5.32 Å². The van der Waals surface area contributed by atoms with Gasteiger partial charge in [0.25, 0.3) is 0 Å². The maximum Gasteiger partial charge on any atom is 0.0715 e. The quantitative estimate of drug-likeness (QED) is 0.784. The molecule has 1 atom stereocenters. The molecule has 2 heteroatoms. The largest absolute Gasteiger partial charge is 0.389 e. The van der Waals surface area contributed by atoms with Gasteiger partial charge >= 0.3 is 0 Å². The molecular formula is C13H19NO. The first-order chi connectivity index (χ1) is 7.06. The Morgan fingerprint density at radius 1 is 1.40 bits per heavy atom. The Hall–Kier alpha value is -0.860. The molecule has 0 heterocycles. The van der Waals surface area contributed by atoms with E-state index in [0.717, 1.165) is 6.54 Å². The standard InChI is InChI=1S/C13H19NO/c1-13(2,15)9-14-8-11-7-10-5-3-4-6-12(10)11/h3-6,11,14-15H,7-9H2,1-2H3. The monoisotopic (exact) mass is 205 g/mol. The van der Waals surface area contributed by atoms with Crippen molar-refractivity contribution in [2.45, 2.75) is 31.8 Å². The summed E-state index contributed by atoms with van der Waals surface area (Å²) in [5.74, 6) is 0.642. The second kappa shape index (κ2) is 3.95. The highest BCUT2D eigenvalue weighted by atomic mass is 16.3. The Labute approximate surface area is 91.3 Å². The highest BCUT2D eigenvalue weighted by Crippen LogP contribution is 2.33. The lowest BCUT2D eigenvalue weighted by Gasteiger charge is -2.31. The van der Waals surface area contributed by atoms with E-state index < -0.39 is 5.60 Å². The summed E-state index contributed by atoms with van der Waals surface area (Å²) < 4.78 is 0. The molecule has 1 unspecified atom stereocenters. The summed E-state index contributed by atoms with van der Waals surface area (Å²) in [6, 6.07) is 8.59. The van der Waals surface area contributed by atoms with Crippen molar-refractivity contribution in [3.63, 3.8) is 0 Å². The minimum Gasteiger partial charge on any atom is -0.389 e. The van der Waals surface area contributed by atoms with Gasteiger partial charge in [-0.05, 0) is 31.4 Å². The summed E-state index contributed by atoms with van der Waals surface area (Å²) in [6.07, 6.45) is 1.18. The highest BCUT2D eigenvalue weighted by molar-refractivity contribution is 5.40. The van der Waals surface area contributed by atoms with Crippen LogP contribution in [0.25, 0.3) is 0 Å². The van der Waals surface area contributed by atoms with Crippen molar-refractivity contribution in [3.8, 4) is 0 Å². The number of hydrogen-bond donors (Lipinski definition) is 2. The van der Waals surface area contributed by atoms with Gasteiger partial charge in [0.15, 0.2) is 0 Å². The summed E-state index contributed by atoms with van der Waals surface area (Å²) in [7, 11) is 0. The second-order valence-electron chi connectivity index (χ2n) is 5.04. The molecule has 82 valence electrons. The molecule has 2 rings (SSSR count). The SMILES string of the molecule is CC(C)(O)CNCC1Cc2ccccc21. The van der Waals surface area contributed by atoms with Crippen molar-refractivity contribution >= 4 is 0 Å². The van der Waals surface area contributed by atoms with Crippen LogP contribution in [0.3, 0.4) is 0 Å². The zero-order valence-corrected chi connectivity index (χ0v) is 9.46. The summed E-state index contributed by atoms with van der Waals surface area (Å²) in [5.41, 5.74) is 2.34. The Balaban J connectivity index is 1.81. The van der Waals surface area contributed by atoms with Crippen molar-refractivity contribution in [2.24, 2.45) is 0 Å². The molecule has 1 aliphatic rings. The number of rotatable bonds is 4. The van der Waals surface area contributed by atoms with E-state index in [2.05, 4.69) is 29.6 Å². The van der Waals surface area contributed by atoms with Gasteiger partial charge in [0.1, 0.15) is 0 Å². The number of benzene rings is 1. The number of hydrogen-bond acceptors (Lipinski definition) is 2. The molecule has 0 aliphatic heterocycles. The normalized spacial score (nSPS) is 19.5. The zero-order valence-electron chi connectivity index (χ0n) is 9.46. The Morgan fingerprint density at radius 3 is 2.80 bits per heavy atom. The van der Waals surface area contributed by atoms with Crippen molar-refractivity contribution in [3.05, 3.63) is 35.4 Å². The maximum atomic E-state index is 9.55. The lowest BCUT2D eigenvalue weighted by molar-refractivity contribution is 0.0793. The topological polar surface area (TPSA) is 32.3 Å². The van der Waals surface area contributed by atoms with Gasteiger partial charge in [0.2, 0.25) is 0 Å². The van der Waals surface area contributed by atoms with E-state index in [1.54, 1.807) is 0 Å². The van der Waals surface area contributed by atoms with E-state index in [0.29, 0.717) is 12.5 Å². The molecule has 0 amide bonds. The minimum atomic E-state index is -0.608. The van der Waals surface area contributed by atoms with E-state index in [9.17, 15) is 5.11 Å². The molecule has 0 aromatic heterocycles. The van der Waals surface area contributed by atoms with Crippen LogP contribution in [0.5, 0.6) is 0 Å². The van der Waals surface area contributed by atoms with Gasteiger partial charge in [0, 0.05) is 19.0 Å². The van der Waals surface area contributed by atoms with Gasteiger partial charge in [-0.15, -0.1) is 0 Å². The van der Waals surface area contributed by atoms with Crippen molar-refractivity contribution < 1.29 is 5.11 Å². The number of fused-ring (bicyclic) bond motifs is 1. The second-order valence-corrected chi connectivity index (χ2v) is 5.04. The van der Waals surface area contributed by atoms with Crippen LogP contribution in [-0.2, 0) is 6.42 Å². The first kappa shape index (κ1) is 10.7. The van der Waals surface area contributed by atoms with Crippen LogP contribution < -0.4 is 5.32 Å². The van der Waals surface area contributed by atoms with Crippen molar-refractivity contribution in [1.29, 1.82) is 0 Å². The molecule has 2 N–H and O–H groups in total. The summed E-state index contributed by atoms with van der Waals surface area (Å²) in [6.45, 7) is 5.29. The average Bonchev–Trinajstić information content (AvgIpc) is 2.11. The third-order valence-electron chi connectivity index (χ3n) is 2.91. The Bertz CT molecular complexity index is 341. The van der Waals surface area contributed by atoms with Crippen LogP contribution >= 0.6 is 0 Å². The summed E-state index contributed by atoms with van der Waals surface area (Å²) >= 11 is 0. The predicted molar refractivity (Wildman–Crippen MR) is 62.1 cm³/mol. The lowest BCUT2D eigenvalue weighted by Crippen LogP contribution is -2.38. The fourth-order valence-corrected chi connectivity index (χ4v) is 2.10. The molecule has 0 saturated heterocycles. The molecule has 1 aliphatic carbocycles. The Kier molecular flexibility index (Phi) is 2.81. The summed E-state index contributed by atoms with van der Waals surface area (Å²) in [5, 5.41) is 12.9. The van der Waals surface area contributed by atoms with Crippen LogP contribution in [0.2, 0.25) is 0 Å². The molecule has 0 radical (unpaired) electrons. The molecular weight excluding hydrogens is 186 g/mol. The third kappa shape index (κ3) is 2.58. The average molecular weight is 205 g/mol. The van der Waals surface area contributed by atoms with Gasteiger partial charge in [-0.3, -0.25) is 0 Å². The van der Waals surface area contributed by atoms with Gasteiger partial charge < -0.3 is 10.4 Å². The fourth-order valence-electron chi connectivity index (χ4n) is 2.10. The van der Waals surface area contributed by atoms with Gasteiger partial charge in [-0.25, -0.2) is 0 Å². The lowest BCUT2D eigenvalue weighted by atomic mass is 9.77. The van der Waals surface area contributed by atoms with Crippen LogP contribution in [0, 0.1) is 0 Å². The maximum absolute atomic E-state index is 9.55. The minimum absolute atomic E-state index is 0.608. The highest BCUT2D eigenvalue weighted by Gasteiger charge is 2.25. The van der Waals surface area contributed by atoms with Crippen LogP contribution in [0.4, 0.5) is 0 Å². The first-order valence-electron chi connectivity index (χ1n) is 5.57. The molecule has 0 bridgehead atoms. The zero-order chi connectivity index (χ0) is 10.9. The predicted octanol–water partition coefficient (Wildman–Crippen LogP) is 1.69. The molecule has 2 nitrogen and oxygen atoms in total. The smallest absolute Gasteiger partial charge is 0.0715 e. The molecule has 0 fully saturated rings. The van der Waals surface area contributed by atoms with Gasteiger partial charge in [-0.1, -0.05) is 24.3 Å². The fraction of sp³-hybridized carbons (Fsp3) is 0.538. The molecule has 0 saturated carbocycles. The van der Waals surface area contributed by atoms with Gasteiger partial charge in [0.05, 0.1) is 5.60 Å². The van der Waals surface area contributed by atoms with Crippen LogP contribution in [-0.4, -0.2) is 23.8 Å². The van der Waals surface area contributed by atoms with E-state index >= 15 is 0 Å². The summed E-state index contributed by atoms with van der Waals surface area (Å²) in [4.78, 5) is 0. The number of nitrogens with one attached hydrogen (secondary N) is 1. The first-order valence-corrected chi connectivity index (χ1v) is 5.57. The van der Waals surface area contributed by atoms with E-state index in [1.807, 2.05) is 13.8 Å². The third-order valence-corrected chi connectivity index (χ3v) is 2.91. The Morgan fingerprint density at radius 2 is 2.13 bits per heavy atom. The molecule has 15 heavy (non-hydrogen) atoms. The van der Waals surface area contributed by atoms with E-state index in [1.165, 1.54) is 17.5 Å². The van der Waals surface area contributed by atoms with Gasteiger partial charge in [-0.2, -0.15) is 0 Å². The molecule has 0 spiro atoms.